The van der Waals surface area contributed by atoms with Crippen molar-refractivity contribution >= 4 is 11.6 Å². The number of carbonyl (C=O) groups excluding carboxylic acids is 1. The summed E-state index contributed by atoms with van der Waals surface area (Å²) in [4.78, 5) is 15.9. The topological polar surface area (TPSA) is 51.2 Å². The first-order valence-electron chi connectivity index (χ1n) is 8.12. The lowest BCUT2D eigenvalue weighted by atomic mass is 10.2. The number of halogens is 4. The monoisotopic (exact) mass is 390 g/mol. The van der Waals surface area contributed by atoms with Gasteiger partial charge in [-0.2, -0.15) is 17.6 Å². The van der Waals surface area contributed by atoms with E-state index in [9.17, 15) is 22.4 Å². The predicted molar refractivity (Wildman–Crippen MR) is 94.8 cm³/mol. The van der Waals surface area contributed by atoms with E-state index in [1.165, 1.54) is 31.2 Å². The average molecular weight is 390 g/mol. The van der Waals surface area contributed by atoms with Crippen molar-refractivity contribution in [1.82, 2.24) is 4.98 Å². The number of hydrogen-bond acceptors (Lipinski definition) is 3. The Kier molecular flexibility index (Phi) is 5.30. The molecule has 0 saturated heterocycles. The fourth-order valence-corrected chi connectivity index (χ4v) is 2.45. The third kappa shape index (κ3) is 4.64. The highest BCUT2D eigenvalue weighted by Crippen LogP contribution is 2.31. The smallest absolute Gasteiger partial charge is 0.416 e. The highest BCUT2D eigenvalue weighted by atomic mass is 19.4. The molecule has 0 unspecified atom stereocenters. The lowest BCUT2D eigenvalue weighted by molar-refractivity contribution is -0.137. The van der Waals surface area contributed by atoms with Gasteiger partial charge >= 0.3 is 6.18 Å². The zero-order valence-corrected chi connectivity index (χ0v) is 14.5. The third-order valence-corrected chi connectivity index (χ3v) is 3.81. The number of benzene rings is 2. The molecule has 0 aliphatic rings. The van der Waals surface area contributed by atoms with E-state index in [2.05, 4.69) is 10.3 Å². The largest absolute Gasteiger partial charge is 0.457 e. The predicted octanol–water partition coefficient (Wildman–Crippen LogP) is 5.59. The summed E-state index contributed by atoms with van der Waals surface area (Å²) in [6, 6.07) is 13.0. The van der Waals surface area contributed by atoms with E-state index < -0.39 is 23.6 Å². The van der Waals surface area contributed by atoms with Gasteiger partial charge in [-0.3, -0.25) is 4.79 Å². The van der Waals surface area contributed by atoms with Gasteiger partial charge in [0.15, 0.2) is 0 Å². The van der Waals surface area contributed by atoms with Crippen LogP contribution in [0.1, 0.15) is 21.6 Å². The molecule has 0 radical (unpaired) electrons. The third-order valence-electron chi connectivity index (χ3n) is 3.81. The molecule has 0 atom stereocenters. The number of aryl methyl sites for hydroxylation is 1. The number of carbonyl (C=O) groups is 1. The standard InChI is InChI=1S/C20H14F4N2O2/c1-12-17(9-10-18(21)25-12)19(27)26-14-3-2-4-16(11-14)28-15-7-5-13(6-8-15)20(22,23)24/h2-11H,1H3,(H,26,27). The molecule has 2 aromatic carbocycles. The summed E-state index contributed by atoms with van der Waals surface area (Å²) in [7, 11) is 0. The van der Waals surface area contributed by atoms with Gasteiger partial charge in [-0.15, -0.1) is 0 Å². The molecule has 0 fully saturated rings. The summed E-state index contributed by atoms with van der Waals surface area (Å²) in [5, 5.41) is 2.64. The number of rotatable bonds is 4. The Morgan fingerprint density at radius 1 is 1.00 bits per heavy atom. The maximum absolute atomic E-state index is 13.1. The number of aromatic nitrogens is 1. The van der Waals surface area contributed by atoms with Gasteiger partial charge in [0.05, 0.1) is 16.8 Å². The van der Waals surface area contributed by atoms with Crippen molar-refractivity contribution in [3.8, 4) is 11.5 Å². The minimum absolute atomic E-state index is 0.218. The van der Waals surface area contributed by atoms with Crippen LogP contribution < -0.4 is 10.1 Å². The Morgan fingerprint density at radius 3 is 2.36 bits per heavy atom. The van der Waals surface area contributed by atoms with Crippen LogP contribution >= 0.6 is 0 Å². The van der Waals surface area contributed by atoms with Crippen molar-refractivity contribution in [3.63, 3.8) is 0 Å². The van der Waals surface area contributed by atoms with Crippen LogP contribution in [-0.2, 0) is 6.18 Å². The van der Waals surface area contributed by atoms with E-state index in [1.807, 2.05) is 0 Å². The van der Waals surface area contributed by atoms with E-state index in [-0.39, 0.29) is 17.0 Å². The van der Waals surface area contributed by atoms with Gasteiger partial charge in [-0.1, -0.05) is 6.07 Å². The zero-order valence-electron chi connectivity index (χ0n) is 14.5. The molecule has 1 aromatic heterocycles. The van der Waals surface area contributed by atoms with E-state index in [1.54, 1.807) is 18.2 Å². The van der Waals surface area contributed by atoms with Crippen molar-refractivity contribution in [2.24, 2.45) is 0 Å². The van der Waals surface area contributed by atoms with Crippen molar-refractivity contribution in [2.75, 3.05) is 5.32 Å². The van der Waals surface area contributed by atoms with E-state index in [0.29, 0.717) is 11.4 Å². The second-order valence-corrected chi connectivity index (χ2v) is 5.87. The minimum Gasteiger partial charge on any atom is -0.457 e. The van der Waals surface area contributed by atoms with E-state index in [0.717, 1.165) is 18.2 Å². The average Bonchev–Trinajstić information content (AvgIpc) is 2.61. The van der Waals surface area contributed by atoms with Gasteiger partial charge < -0.3 is 10.1 Å². The summed E-state index contributed by atoms with van der Waals surface area (Å²) in [6.07, 6.45) is -4.42. The van der Waals surface area contributed by atoms with Gasteiger partial charge in [0.1, 0.15) is 11.5 Å². The molecule has 3 rings (SSSR count). The second-order valence-electron chi connectivity index (χ2n) is 5.87. The van der Waals surface area contributed by atoms with Gasteiger partial charge in [-0.05, 0) is 55.5 Å². The Labute approximate surface area is 157 Å². The number of amides is 1. The molecule has 8 heteroatoms. The number of anilines is 1. The second kappa shape index (κ2) is 7.67. The molecule has 0 spiro atoms. The Bertz CT molecular complexity index is 1000. The molecule has 0 aliphatic carbocycles. The maximum Gasteiger partial charge on any atom is 0.416 e. The van der Waals surface area contributed by atoms with Gasteiger partial charge in [0.2, 0.25) is 5.95 Å². The van der Waals surface area contributed by atoms with Gasteiger partial charge in [0.25, 0.3) is 5.91 Å². The first-order valence-corrected chi connectivity index (χ1v) is 8.12. The highest BCUT2D eigenvalue weighted by molar-refractivity contribution is 6.05. The maximum atomic E-state index is 13.1. The summed E-state index contributed by atoms with van der Waals surface area (Å²) in [5.41, 5.74) is 0.0902. The summed E-state index contributed by atoms with van der Waals surface area (Å²) < 4.78 is 56.4. The molecular formula is C20H14F4N2O2. The van der Waals surface area contributed by atoms with Crippen molar-refractivity contribution < 1.29 is 27.1 Å². The SMILES string of the molecule is Cc1nc(F)ccc1C(=O)Nc1cccc(Oc2ccc(C(F)(F)F)cc2)c1. The number of hydrogen-bond donors (Lipinski definition) is 1. The number of pyridine rings is 1. The normalized spacial score (nSPS) is 11.2. The Hall–Kier alpha value is -3.42. The summed E-state index contributed by atoms with van der Waals surface area (Å²) in [6.45, 7) is 1.52. The van der Waals surface area contributed by atoms with Crippen molar-refractivity contribution in [3.05, 3.63) is 83.4 Å². The molecule has 0 bridgehead atoms. The molecule has 0 saturated carbocycles. The van der Waals surface area contributed by atoms with Crippen LogP contribution in [-0.4, -0.2) is 10.9 Å². The van der Waals surface area contributed by atoms with E-state index >= 15 is 0 Å². The fraction of sp³-hybridized carbons (Fsp3) is 0.100. The lowest BCUT2D eigenvalue weighted by Crippen LogP contribution is -2.14. The molecular weight excluding hydrogens is 376 g/mol. The summed E-state index contributed by atoms with van der Waals surface area (Å²) in [5.74, 6) is -0.612. The number of nitrogens with one attached hydrogen (secondary N) is 1. The minimum atomic E-state index is -4.42. The van der Waals surface area contributed by atoms with Crippen LogP contribution in [0.15, 0.2) is 60.7 Å². The van der Waals surface area contributed by atoms with Crippen LogP contribution in [0.25, 0.3) is 0 Å². The van der Waals surface area contributed by atoms with E-state index in [4.69, 9.17) is 4.74 Å². The number of nitrogens with zero attached hydrogens (tertiary/aromatic N) is 1. The van der Waals surface area contributed by atoms with Crippen LogP contribution in [0.5, 0.6) is 11.5 Å². The van der Waals surface area contributed by atoms with Crippen molar-refractivity contribution in [2.45, 2.75) is 13.1 Å². The Morgan fingerprint density at radius 2 is 1.71 bits per heavy atom. The van der Waals surface area contributed by atoms with Gasteiger partial charge in [-0.25, -0.2) is 4.98 Å². The molecule has 1 N–H and O–H groups in total. The van der Waals surface area contributed by atoms with Crippen LogP contribution in [0.4, 0.5) is 23.2 Å². The lowest BCUT2D eigenvalue weighted by Gasteiger charge is -2.11. The fourth-order valence-electron chi connectivity index (χ4n) is 2.45. The zero-order chi connectivity index (χ0) is 20.3. The molecule has 28 heavy (non-hydrogen) atoms. The summed E-state index contributed by atoms with van der Waals surface area (Å²) >= 11 is 0. The highest BCUT2D eigenvalue weighted by Gasteiger charge is 2.30. The number of alkyl halides is 3. The molecule has 144 valence electrons. The van der Waals surface area contributed by atoms with Crippen LogP contribution in [0.2, 0.25) is 0 Å². The quantitative estimate of drug-likeness (QED) is 0.467. The van der Waals surface area contributed by atoms with Crippen molar-refractivity contribution in [1.29, 1.82) is 0 Å². The van der Waals surface area contributed by atoms with Crippen LogP contribution in [0, 0.1) is 12.9 Å². The Balaban J connectivity index is 1.72. The molecule has 0 aliphatic heterocycles. The molecule has 1 heterocycles. The molecule has 1 amide bonds. The first kappa shape index (κ1) is 19.3. The molecule has 3 aromatic rings. The van der Waals surface area contributed by atoms with Crippen LogP contribution in [0.3, 0.4) is 0 Å². The first-order chi connectivity index (χ1) is 13.2. The van der Waals surface area contributed by atoms with Gasteiger partial charge in [0, 0.05) is 11.8 Å². The molecule has 4 nitrogen and oxygen atoms in total. The number of ether oxygens (including phenoxy) is 1.